The molecule has 3 rings (SSSR count). The van der Waals surface area contributed by atoms with Crippen LogP contribution in [0.1, 0.15) is 33.1 Å². The fraction of sp³-hybridized carbons (Fsp3) is 0.556. The van der Waals surface area contributed by atoms with E-state index in [1.165, 1.54) is 0 Å². The molecule has 0 aliphatic carbocycles. The molecule has 23 heavy (non-hydrogen) atoms. The topological polar surface area (TPSA) is 49.9 Å². The van der Waals surface area contributed by atoms with Crippen molar-refractivity contribution in [1.82, 2.24) is 4.90 Å². The molecular formula is C18H24N2O3. The molecule has 0 bridgehead atoms. The Hall–Kier alpha value is -2.04. The molecule has 0 aromatic heterocycles. The molecule has 1 aromatic rings. The normalized spacial score (nSPS) is 21.3. The minimum absolute atomic E-state index is 0.0278. The van der Waals surface area contributed by atoms with Crippen LogP contribution in [-0.2, 0) is 9.59 Å². The second-order valence-electron chi connectivity index (χ2n) is 6.60. The van der Waals surface area contributed by atoms with Crippen molar-refractivity contribution in [2.24, 2.45) is 5.92 Å². The van der Waals surface area contributed by atoms with E-state index in [9.17, 15) is 9.59 Å². The quantitative estimate of drug-likeness (QED) is 0.857. The monoisotopic (exact) mass is 316 g/mol. The lowest BCUT2D eigenvalue weighted by atomic mass is 10.1. The first kappa shape index (κ1) is 15.8. The van der Waals surface area contributed by atoms with Crippen molar-refractivity contribution in [2.75, 3.05) is 24.5 Å². The fourth-order valence-electron chi connectivity index (χ4n) is 3.30. The largest absolute Gasteiger partial charge is 0.491 e. The Labute approximate surface area is 137 Å². The molecule has 2 fully saturated rings. The van der Waals surface area contributed by atoms with Crippen LogP contribution < -0.4 is 9.64 Å². The number of hydrogen-bond donors (Lipinski definition) is 0. The first-order valence-electron chi connectivity index (χ1n) is 8.40. The van der Waals surface area contributed by atoms with Crippen molar-refractivity contribution < 1.29 is 14.3 Å². The van der Waals surface area contributed by atoms with E-state index in [4.69, 9.17) is 4.74 Å². The molecule has 124 valence electrons. The molecule has 2 aliphatic heterocycles. The highest BCUT2D eigenvalue weighted by Gasteiger charge is 2.37. The van der Waals surface area contributed by atoms with Gasteiger partial charge in [-0.05, 0) is 51.0 Å². The predicted molar refractivity (Wildman–Crippen MR) is 88.5 cm³/mol. The van der Waals surface area contributed by atoms with E-state index in [-0.39, 0.29) is 23.8 Å². The van der Waals surface area contributed by atoms with Gasteiger partial charge in [-0.25, -0.2) is 0 Å². The van der Waals surface area contributed by atoms with E-state index in [2.05, 4.69) is 0 Å². The summed E-state index contributed by atoms with van der Waals surface area (Å²) in [7, 11) is 0. The summed E-state index contributed by atoms with van der Waals surface area (Å²) in [6, 6.07) is 7.52. The highest BCUT2D eigenvalue weighted by Crippen LogP contribution is 2.28. The van der Waals surface area contributed by atoms with Crippen LogP contribution >= 0.6 is 0 Å². The zero-order valence-corrected chi connectivity index (χ0v) is 13.8. The summed E-state index contributed by atoms with van der Waals surface area (Å²) in [5.41, 5.74) is 0.836. The zero-order valence-electron chi connectivity index (χ0n) is 13.8. The van der Waals surface area contributed by atoms with E-state index >= 15 is 0 Å². The van der Waals surface area contributed by atoms with E-state index < -0.39 is 0 Å². The zero-order chi connectivity index (χ0) is 16.4. The van der Waals surface area contributed by atoms with E-state index in [0.717, 1.165) is 37.4 Å². The molecule has 1 unspecified atom stereocenters. The van der Waals surface area contributed by atoms with Crippen molar-refractivity contribution in [1.29, 1.82) is 0 Å². The number of hydrogen-bond acceptors (Lipinski definition) is 3. The third-order valence-electron chi connectivity index (χ3n) is 4.41. The molecule has 1 atom stereocenters. The second kappa shape index (κ2) is 6.60. The van der Waals surface area contributed by atoms with Crippen molar-refractivity contribution in [2.45, 2.75) is 39.2 Å². The summed E-state index contributed by atoms with van der Waals surface area (Å²) in [6.07, 6.45) is 2.59. The van der Waals surface area contributed by atoms with E-state index in [0.29, 0.717) is 13.0 Å². The third-order valence-corrected chi connectivity index (χ3v) is 4.41. The Morgan fingerprint density at radius 2 is 1.83 bits per heavy atom. The molecule has 0 spiro atoms. The minimum atomic E-state index is -0.202. The van der Waals surface area contributed by atoms with Crippen LogP contribution in [-0.4, -0.2) is 42.5 Å². The third kappa shape index (κ3) is 3.49. The average Bonchev–Trinajstić information content (AvgIpc) is 3.16. The number of rotatable bonds is 4. The van der Waals surface area contributed by atoms with Gasteiger partial charge in [0.1, 0.15) is 5.75 Å². The number of amides is 2. The maximum absolute atomic E-state index is 12.5. The van der Waals surface area contributed by atoms with Gasteiger partial charge in [0, 0.05) is 31.7 Å². The van der Waals surface area contributed by atoms with Gasteiger partial charge in [-0.1, -0.05) is 0 Å². The van der Waals surface area contributed by atoms with Crippen molar-refractivity contribution in [3.8, 4) is 5.75 Å². The molecule has 5 nitrogen and oxygen atoms in total. The van der Waals surface area contributed by atoms with Gasteiger partial charge >= 0.3 is 0 Å². The number of benzene rings is 1. The van der Waals surface area contributed by atoms with Gasteiger partial charge in [0.15, 0.2) is 0 Å². The van der Waals surface area contributed by atoms with Crippen LogP contribution in [0.3, 0.4) is 0 Å². The lowest BCUT2D eigenvalue weighted by Crippen LogP contribution is -2.35. The van der Waals surface area contributed by atoms with Gasteiger partial charge in [0.2, 0.25) is 11.8 Å². The number of anilines is 1. The SMILES string of the molecule is CC(C)Oc1ccc(N2CC(C(=O)N3CCCC3)CC2=O)cc1. The number of likely N-dealkylation sites (tertiary alicyclic amines) is 1. The minimum Gasteiger partial charge on any atom is -0.491 e. The van der Waals surface area contributed by atoms with Gasteiger partial charge in [0.05, 0.1) is 12.0 Å². The molecule has 1 aromatic carbocycles. The standard InChI is InChI=1S/C18H24N2O3/c1-13(2)23-16-7-5-15(6-8-16)20-12-14(11-17(20)21)18(22)19-9-3-4-10-19/h5-8,13-14H,3-4,9-12H2,1-2H3. The van der Waals surface area contributed by atoms with Gasteiger partial charge in [0.25, 0.3) is 0 Å². The molecule has 5 heteroatoms. The van der Waals surface area contributed by atoms with Crippen LogP contribution in [0.25, 0.3) is 0 Å². The molecule has 2 amide bonds. The summed E-state index contributed by atoms with van der Waals surface area (Å²) in [4.78, 5) is 28.4. The first-order chi connectivity index (χ1) is 11.0. The Kier molecular flexibility index (Phi) is 4.55. The average molecular weight is 316 g/mol. The van der Waals surface area contributed by atoms with Crippen LogP contribution in [0.15, 0.2) is 24.3 Å². The Bertz CT molecular complexity index is 576. The fourth-order valence-corrected chi connectivity index (χ4v) is 3.30. The number of carbonyl (C=O) groups excluding carboxylic acids is 2. The van der Waals surface area contributed by atoms with Crippen LogP contribution in [0.2, 0.25) is 0 Å². The lowest BCUT2D eigenvalue weighted by Gasteiger charge is -2.20. The summed E-state index contributed by atoms with van der Waals surface area (Å²) in [5.74, 6) is 0.755. The maximum atomic E-state index is 12.5. The Morgan fingerprint density at radius 3 is 2.43 bits per heavy atom. The van der Waals surface area contributed by atoms with Gasteiger partial charge in [-0.3, -0.25) is 9.59 Å². The highest BCUT2D eigenvalue weighted by molar-refractivity contribution is 6.00. The smallest absolute Gasteiger partial charge is 0.228 e. The summed E-state index contributed by atoms with van der Waals surface area (Å²) < 4.78 is 5.62. The molecular weight excluding hydrogens is 292 g/mol. The Morgan fingerprint density at radius 1 is 1.17 bits per heavy atom. The number of ether oxygens (including phenoxy) is 1. The number of nitrogens with zero attached hydrogens (tertiary/aromatic N) is 2. The molecule has 0 N–H and O–H groups in total. The second-order valence-corrected chi connectivity index (χ2v) is 6.60. The lowest BCUT2D eigenvalue weighted by molar-refractivity contribution is -0.134. The van der Waals surface area contributed by atoms with Crippen molar-refractivity contribution in [3.05, 3.63) is 24.3 Å². The Balaban J connectivity index is 1.66. The molecule has 0 saturated carbocycles. The molecule has 2 heterocycles. The maximum Gasteiger partial charge on any atom is 0.228 e. The highest BCUT2D eigenvalue weighted by atomic mass is 16.5. The van der Waals surface area contributed by atoms with Crippen LogP contribution in [0, 0.1) is 5.92 Å². The first-order valence-corrected chi connectivity index (χ1v) is 8.40. The van der Waals surface area contributed by atoms with E-state index in [1.807, 2.05) is 43.0 Å². The summed E-state index contributed by atoms with van der Waals surface area (Å²) in [6.45, 7) is 6.12. The van der Waals surface area contributed by atoms with Gasteiger partial charge in [-0.2, -0.15) is 0 Å². The predicted octanol–water partition coefficient (Wildman–Crippen LogP) is 2.45. The molecule has 2 aliphatic rings. The summed E-state index contributed by atoms with van der Waals surface area (Å²) >= 11 is 0. The van der Waals surface area contributed by atoms with Crippen LogP contribution in [0.4, 0.5) is 5.69 Å². The number of carbonyl (C=O) groups is 2. The van der Waals surface area contributed by atoms with E-state index in [1.54, 1.807) is 4.90 Å². The van der Waals surface area contributed by atoms with Crippen LogP contribution in [0.5, 0.6) is 5.75 Å². The van der Waals surface area contributed by atoms with Gasteiger partial charge < -0.3 is 14.5 Å². The van der Waals surface area contributed by atoms with Crippen molar-refractivity contribution >= 4 is 17.5 Å². The van der Waals surface area contributed by atoms with Gasteiger partial charge in [-0.15, -0.1) is 0 Å². The summed E-state index contributed by atoms with van der Waals surface area (Å²) in [5, 5.41) is 0. The molecule has 2 saturated heterocycles. The molecule has 0 radical (unpaired) electrons. The van der Waals surface area contributed by atoms with Crippen molar-refractivity contribution in [3.63, 3.8) is 0 Å².